The van der Waals surface area contributed by atoms with E-state index < -0.39 is 0 Å². The van der Waals surface area contributed by atoms with Crippen LogP contribution in [0.3, 0.4) is 0 Å². The van der Waals surface area contributed by atoms with Crippen LogP contribution in [0.5, 0.6) is 0 Å². The summed E-state index contributed by atoms with van der Waals surface area (Å²) in [7, 11) is 0. The first kappa shape index (κ1) is 29.9. The third-order valence-corrected chi connectivity index (χ3v) is 10.5. The Balaban J connectivity index is 1.21. The Morgan fingerprint density at radius 3 is 1.76 bits per heavy atom. The maximum Gasteiger partial charge on any atom is 0.0540 e. The van der Waals surface area contributed by atoms with Crippen molar-refractivity contribution in [2.75, 3.05) is 4.90 Å². The molecule has 8 aromatic carbocycles. The van der Waals surface area contributed by atoms with E-state index in [4.69, 9.17) is 0 Å². The number of rotatable bonds is 6. The summed E-state index contributed by atoms with van der Waals surface area (Å²) >= 11 is 0. The van der Waals surface area contributed by atoms with E-state index in [1.165, 1.54) is 66.4 Å². The van der Waals surface area contributed by atoms with Crippen LogP contribution in [0.15, 0.2) is 188 Å². The van der Waals surface area contributed by atoms with Gasteiger partial charge >= 0.3 is 0 Å². The number of fused-ring (bicyclic) bond motifs is 4. The second kappa shape index (κ2) is 12.1. The predicted molar refractivity (Wildman–Crippen MR) is 213 cm³/mol. The lowest BCUT2D eigenvalue weighted by Crippen LogP contribution is -2.16. The molecule has 0 N–H and O–H groups in total. The highest BCUT2D eigenvalue weighted by atomic mass is 15.1. The van der Waals surface area contributed by atoms with E-state index in [1.807, 2.05) is 0 Å². The van der Waals surface area contributed by atoms with E-state index in [2.05, 4.69) is 207 Å². The lowest BCUT2D eigenvalue weighted by atomic mass is 9.82. The Morgan fingerprint density at radius 1 is 0.360 bits per heavy atom. The first-order valence-corrected chi connectivity index (χ1v) is 17.4. The molecular formula is C49H37N. The van der Waals surface area contributed by atoms with Crippen LogP contribution in [0, 0.1) is 0 Å². The maximum atomic E-state index is 2.44. The topological polar surface area (TPSA) is 3.24 Å². The molecule has 0 saturated heterocycles. The van der Waals surface area contributed by atoms with E-state index >= 15 is 0 Å². The molecule has 9 rings (SSSR count). The molecule has 0 heterocycles. The van der Waals surface area contributed by atoms with E-state index in [1.54, 1.807) is 0 Å². The summed E-state index contributed by atoms with van der Waals surface area (Å²) in [6.07, 6.45) is 0. The van der Waals surface area contributed by atoms with Crippen LogP contribution in [-0.4, -0.2) is 0 Å². The van der Waals surface area contributed by atoms with Gasteiger partial charge < -0.3 is 4.90 Å². The molecule has 0 aromatic heterocycles. The Morgan fingerprint density at radius 2 is 0.920 bits per heavy atom. The fourth-order valence-corrected chi connectivity index (χ4v) is 7.94. The molecule has 8 aromatic rings. The van der Waals surface area contributed by atoms with Gasteiger partial charge in [0.25, 0.3) is 0 Å². The molecular weight excluding hydrogens is 603 g/mol. The lowest BCUT2D eigenvalue weighted by Gasteiger charge is -2.30. The van der Waals surface area contributed by atoms with E-state index in [-0.39, 0.29) is 5.41 Å². The summed E-state index contributed by atoms with van der Waals surface area (Å²) in [5.41, 5.74) is 16.0. The second-order valence-corrected chi connectivity index (χ2v) is 13.8. The Hall–Kier alpha value is -6.18. The zero-order chi connectivity index (χ0) is 33.7. The lowest BCUT2D eigenvalue weighted by molar-refractivity contribution is 0.660. The van der Waals surface area contributed by atoms with Crippen molar-refractivity contribution >= 4 is 27.8 Å². The molecule has 0 saturated carbocycles. The summed E-state index contributed by atoms with van der Waals surface area (Å²) in [6.45, 7) is 4.71. The number of nitrogens with zero attached hydrogens (tertiary/aromatic N) is 1. The van der Waals surface area contributed by atoms with Crippen molar-refractivity contribution in [1.82, 2.24) is 0 Å². The van der Waals surface area contributed by atoms with Crippen molar-refractivity contribution in [2.24, 2.45) is 0 Å². The molecule has 1 nitrogen and oxygen atoms in total. The number of anilines is 3. The molecule has 50 heavy (non-hydrogen) atoms. The van der Waals surface area contributed by atoms with Gasteiger partial charge in [-0.2, -0.15) is 0 Å². The molecule has 0 radical (unpaired) electrons. The molecule has 238 valence electrons. The third-order valence-electron chi connectivity index (χ3n) is 10.5. The zero-order valence-corrected chi connectivity index (χ0v) is 28.3. The quantitative estimate of drug-likeness (QED) is 0.175. The average Bonchev–Trinajstić information content (AvgIpc) is 3.41. The van der Waals surface area contributed by atoms with Crippen molar-refractivity contribution in [3.05, 3.63) is 199 Å². The van der Waals surface area contributed by atoms with Crippen LogP contribution in [-0.2, 0) is 5.41 Å². The van der Waals surface area contributed by atoms with Gasteiger partial charge in [-0.15, -0.1) is 0 Å². The highest BCUT2D eigenvalue weighted by Gasteiger charge is 2.35. The Kier molecular flexibility index (Phi) is 7.21. The van der Waals surface area contributed by atoms with Crippen LogP contribution < -0.4 is 4.90 Å². The molecule has 1 heteroatoms. The van der Waals surface area contributed by atoms with Crippen molar-refractivity contribution in [3.63, 3.8) is 0 Å². The monoisotopic (exact) mass is 639 g/mol. The van der Waals surface area contributed by atoms with Crippen LogP contribution in [0.25, 0.3) is 55.3 Å². The van der Waals surface area contributed by atoms with Gasteiger partial charge in [0.1, 0.15) is 0 Å². The van der Waals surface area contributed by atoms with Gasteiger partial charge in [-0.3, -0.25) is 0 Å². The predicted octanol–water partition coefficient (Wildman–Crippen LogP) is 13.6. The number of benzene rings is 8. The van der Waals surface area contributed by atoms with Crippen molar-refractivity contribution < 1.29 is 0 Å². The molecule has 0 amide bonds. The molecule has 0 fully saturated rings. The smallest absolute Gasteiger partial charge is 0.0540 e. The minimum atomic E-state index is -0.100. The summed E-state index contributed by atoms with van der Waals surface area (Å²) in [6, 6.07) is 68.6. The van der Waals surface area contributed by atoms with Crippen molar-refractivity contribution in [3.8, 4) is 44.5 Å². The largest absolute Gasteiger partial charge is 0.310 e. The summed E-state index contributed by atoms with van der Waals surface area (Å²) in [5.74, 6) is 0. The normalized spacial score (nSPS) is 12.8. The highest BCUT2D eigenvalue weighted by Crippen LogP contribution is 2.51. The van der Waals surface area contributed by atoms with Gasteiger partial charge in [-0.05, 0) is 97.2 Å². The van der Waals surface area contributed by atoms with Gasteiger partial charge in [0.15, 0.2) is 0 Å². The molecule has 1 aliphatic carbocycles. The van der Waals surface area contributed by atoms with Crippen LogP contribution in [0.2, 0.25) is 0 Å². The summed E-state index contributed by atoms with van der Waals surface area (Å²) in [4.78, 5) is 2.44. The average molecular weight is 640 g/mol. The van der Waals surface area contributed by atoms with Crippen LogP contribution in [0.1, 0.15) is 25.0 Å². The minimum Gasteiger partial charge on any atom is -0.310 e. The van der Waals surface area contributed by atoms with E-state index in [0.717, 1.165) is 17.1 Å². The van der Waals surface area contributed by atoms with E-state index in [0.29, 0.717) is 0 Å². The molecule has 0 aliphatic heterocycles. The van der Waals surface area contributed by atoms with Gasteiger partial charge in [0.05, 0.1) is 5.69 Å². The number of para-hydroxylation sites is 1. The van der Waals surface area contributed by atoms with Gasteiger partial charge in [-0.25, -0.2) is 0 Å². The highest BCUT2D eigenvalue weighted by molar-refractivity contribution is 5.98. The molecule has 0 unspecified atom stereocenters. The standard InChI is InChI=1S/C49H37N/c1-49(2)46-24-10-8-22-44(46)45-31-30-40(33-47(45)49)50(39-28-26-35(27-29-39)34-14-4-3-5-15-34)48-25-11-9-21-43(48)38-19-12-18-37(32-38)42-23-13-17-36-16-6-7-20-41(36)42/h3-33H,1-2H3. The number of hydrogen-bond donors (Lipinski definition) is 0. The molecule has 1 aliphatic rings. The molecule has 0 atom stereocenters. The van der Waals surface area contributed by atoms with Gasteiger partial charge in [-0.1, -0.05) is 166 Å². The summed E-state index contributed by atoms with van der Waals surface area (Å²) in [5, 5.41) is 2.52. The Labute approximate surface area is 294 Å². The van der Waals surface area contributed by atoms with Crippen LogP contribution in [0.4, 0.5) is 17.1 Å². The zero-order valence-electron chi connectivity index (χ0n) is 28.3. The summed E-state index contributed by atoms with van der Waals surface area (Å²) < 4.78 is 0. The van der Waals surface area contributed by atoms with Gasteiger partial charge in [0, 0.05) is 22.4 Å². The van der Waals surface area contributed by atoms with Gasteiger partial charge in [0.2, 0.25) is 0 Å². The fraction of sp³-hybridized carbons (Fsp3) is 0.0612. The van der Waals surface area contributed by atoms with E-state index in [9.17, 15) is 0 Å². The SMILES string of the molecule is CC1(C)c2ccccc2-c2ccc(N(c3ccc(-c4ccccc4)cc3)c3ccccc3-c3cccc(-c4cccc5ccccc45)c3)cc21. The molecule has 0 bridgehead atoms. The Bertz CT molecular complexity index is 2500. The van der Waals surface area contributed by atoms with Crippen molar-refractivity contribution in [1.29, 1.82) is 0 Å². The van der Waals surface area contributed by atoms with Crippen molar-refractivity contribution in [2.45, 2.75) is 19.3 Å². The maximum absolute atomic E-state index is 2.44. The first-order valence-electron chi connectivity index (χ1n) is 17.4. The van der Waals surface area contributed by atoms with Crippen LogP contribution >= 0.6 is 0 Å². The first-order chi connectivity index (χ1) is 24.6. The second-order valence-electron chi connectivity index (χ2n) is 13.8. The number of hydrogen-bond acceptors (Lipinski definition) is 1. The molecule has 0 spiro atoms. The third kappa shape index (κ3) is 5.02. The fourth-order valence-electron chi connectivity index (χ4n) is 7.94. The minimum absolute atomic E-state index is 0.100.